The largest absolute Gasteiger partial charge is 0.478 e. The monoisotopic (exact) mass is 517 g/mol. The molecule has 7 nitrogen and oxygen atoms in total. The lowest BCUT2D eigenvalue weighted by Crippen LogP contribution is -2.07. The van der Waals surface area contributed by atoms with E-state index in [9.17, 15) is 13.2 Å². The van der Waals surface area contributed by atoms with Crippen molar-refractivity contribution in [2.75, 3.05) is 0 Å². The summed E-state index contributed by atoms with van der Waals surface area (Å²) >= 11 is 9.29. The lowest BCUT2D eigenvalue weighted by atomic mass is 10.1. The van der Waals surface area contributed by atoms with Crippen LogP contribution in [0.15, 0.2) is 87.2 Å². The van der Waals surface area contributed by atoms with Crippen LogP contribution >= 0.6 is 27.5 Å². The molecule has 10 heteroatoms. The summed E-state index contributed by atoms with van der Waals surface area (Å²) in [6.07, 6.45) is 0. The maximum Gasteiger partial charge on any atom is 0.335 e. The molecule has 0 atom stereocenters. The molecule has 1 heterocycles. The first kappa shape index (κ1) is 21.2. The number of rotatable bonds is 5. The van der Waals surface area contributed by atoms with E-state index in [1.165, 1.54) is 35.0 Å². The molecule has 0 aliphatic heterocycles. The van der Waals surface area contributed by atoms with Gasteiger partial charge in [-0.1, -0.05) is 41.1 Å². The minimum atomic E-state index is -4.04. The summed E-state index contributed by atoms with van der Waals surface area (Å²) in [6, 6.07) is 18.9. The highest BCUT2D eigenvalue weighted by Crippen LogP contribution is 2.34. The van der Waals surface area contributed by atoms with Crippen molar-refractivity contribution in [1.82, 2.24) is 15.0 Å². The van der Waals surface area contributed by atoms with Crippen molar-refractivity contribution in [3.05, 3.63) is 87.9 Å². The van der Waals surface area contributed by atoms with Crippen molar-refractivity contribution >= 4 is 43.3 Å². The number of hydrogen-bond acceptors (Lipinski definition) is 5. The predicted molar refractivity (Wildman–Crippen MR) is 118 cm³/mol. The number of sulfone groups is 1. The molecule has 0 bridgehead atoms. The van der Waals surface area contributed by atoms with E-state index in [0.717, 1.165) is 0 Å². The molecule has 0 fully saturated rings. The molecular weight excluding hydrogens is 506 g/mol. The smallest absolute Gasteiger partial charge is 0.335 e. The predicted octanol–water partition coefficient (Wildman–Crippen LogP) is 4.88. The molecule has 0 saturated carbocycles. The summed E-state index contributed by atoms with van der Waals surface area (Å²) in [5, 5.41) is 17.5. The summed E-state index contributed by atoms with van der Waals surface area (Å²) in [4.78, 5) is 11.2. The molecule has 0 radical (unpaired) electrons. The molecule has 0 amide bonds. The number of benzene rings is 3. The van der Waals surface area contributed by atoms with Crippen molar-refractivity contribution < 1.29 is 18.3 Å². The minimum Gasteiger partial charge on any atom is -0.478 e. The molecule has 0 saturated heterocycles. The molecule has 4 rings (SSSR count). The van der Waals surface area contributed by atoms with Gasteiger partial charge in [-0.2, -0.15) is 0 Å². The van der Waals surface area contributed by atoms with Gasteiger partial charge in [0.25, 0.3) is 0 Å². The van der Waals surface area contributed by atoms with Crippen LogP contribution in [0.5, 0.6) is 0 Å². The van der Waals surface area contributed by atoms with Gasteiger partial charge in [-0.05, 0) is 64.5 Å². The molecule has 0 unspecified atom stereocenters. The van der Waals surface area contributed by atoms with Gasteiger partial charge in [-0.3, -0.25) is 0 Å². The van der Waals surface area contributed by atoms with Crippen molar-refractivity contribution in [1.29, 1.82) is 0 Å². The SMILES string of the molecule is O=C(O)c1ccc(-n2nnc(S(=O)(=O)c3ccccc3Br)c2-c2ccc(Cl)cc2)cc1. The number of hydrogen-bond donors (Lipinski definition) is 1. The van der Waals surface area contributed by atoms with Crippen LogP contribution in [0.3, 0.4) is 0 Å². The molecule has 4 aromatic rings. The van der Waals surface area contributed by atoms with Crippen molar-refractivity contribution in [3.8, 4) is 16.9 Å². The van der Waals surface area contributed by atoms with Gasteiger partial charge < -0.3 is 5.11 Å². The van der Waals surface area contributed by atoms with E-state index in [2.05, 4.69) is 26.2 Å². The van der Waals surface area contributed by atoms with Crippen LogP contribution in [0.4, 0.5) is 0 Å². The van der Waals surface area contributed by atoms with E-state index in [1.807, 2.05) is 0 Å². The van der Waals surface area contributed by atoms with Crippen molar-refractivity contribution in [2.45, 2.75) is 9.92 Å². The molecule has 0 spiro atoms. The van der Waals surface area contributed by atoms with Gasteiger partial charge in [-0.15, -0.1) is 5.10 Å². The Balaban J connectivity index is 1.96. The standard InChI is InChI=1S/C21H13BrClN3O4S/c22-17-3-1-2-4-18(17)31(29,30)20-19(13-5-9-15(23)10-6-13)26(25-24-20)16-11-7-14(8-12-16)21(27)28/h1-12H,(H,27,28). The molecule has 1 N–H and O–H groups in total. The number of carbonyl (C=O) groups is 1. The molecule has 0 aliphatic rings. The zero-order valence-electron chi connectivity index (χ0n) is 15.6. The molecule has 156 valence electrons. The van der Waals surface area contributed by atoms with Gasteiger partial charge in [0.05, 0.1) is 16.1 Å². The Kier molecular flexibility index (Phi) is 5.65. The Hall–Kier alpha value is -3.01. The third-order valence-electron chi connectivity index (χ3n) is 4.50. The molecule has 31 heavy (non-hydrogen) atoms. The Morgan fingerprint density at radius 3 is 2.23 bits per heavy atom. The van der Waals surface area contributed by atoms with E-state index in [0.29, 0.717) is 20.7 Å². The summed E-state index contributed by atoms with van der Waals surface area (Å²) < 4.78 is 28.7. The topological polar surface area (TPSA) is 102 Å². The van der Waals surface area contributed by atoms with Crippen LogP contribution in [-0.2, 0) is 9.84 Å². The summed E-state index contributed by atoms with van der Waals surface area (Å²) in [7, 11) is -4.04. The average molecular weight is 519 g/mol. The van der Waals surface area contributed by atoms with E-state index in [4.69, 9.17) is 16.7 Å². The Morgan fingerprint density at radius 2 is 1.61 bits per heavy atom. The third-order valence-corrected chi connectivity index (χ3v) is 7.42. The number of carboxylic acids is 1. The maximum atomic E-state index is 13.5. The average Bonchev–Trinajstić information content (AvgIpc) is 3.20. The lowest BCUT2D eigenvalue weighted by Gasteiger charge is -2.10. The summed E-state index contributed by atoms with van der Waals surface area (Å²) in [5.74, 6) is -1.07. The van der Waals surface area contributed by atoms with Gasteiger partial charge in [0.15, 0.2) is 0 Å². The number of carboxylic acid groups (broad SMARTS) is 1. The van der Waals surface area contributed by atoms with Gasteiger partial charge in [0.1, 0.15) is 5.69 Å². The van der Waals surface area contributed by atoms with Gasteiger partial charge >= 0.3 is 5.97 Å². The van der Waals surface area contributed by atoms with Gasteiger partial charge in [0.2, 0.25) is 14.9 Å². The first-order valence-corrected chi connectivity index (χ1v) is 11.5. The highest BCUT2D eigenvalue weighted by molar-refractivity contribution is 9.10. The second-order valence-corrected chi connectivity index (χ2v) is 9.57. The summed E-state index contributed by atoms with van der Waals surface area (Å²) in [6.45, 7) is 0. The zero-order valence-corrected chi connectivity index (χ0v) is 18.8. The van der Waals surface area contributed by atoms with Crippen LogP contribution in [-0.4, -0.2) is 34.5 Å². The van der Waals surface area contributed by atoms with E-state index >= 15 is 0 Å². The Morgan fingerprint density at radius 1 is 0.968 bits per heavy atom. The maximum absolute atomic E-state index is 13.5. The third kappa shape index (κ3) is 3.99. The molecule has 3 aromatic carbocycles. The van der Waals surface area contributed by atoms with Crippen LogP contribution in [0.25, 0.3) is 16.9 Å². The van der Waals surface area contributed by atoms with E-state index in [1.54, 1.807) is 42.5 Å². The highest BCUT2D eigenvalue weighted by atomic mass is 79.9. The first-order chi connectivity index (χ1) is 14.8. The second kappa shape index (κ2) is 8.26. The van der Waals surface area contributed by atoms with E-state index < -0.39 is 15.8 Å². The molecule has 1 aromatic heterocycles. The van der Waals surface area contributed by atoms with E-state index in [-0.39, 0.29) is 21.2 Å². The van der Waals surface area contributed by atoms with Crippen molar-refractivity contribution in [3.63, 3.8) is 0 Å². The van der Waals surface area contributed by atoms with Gasteiger partial charge in [-0.25, -0.2) is 17.9 Å². The van der Waals surface area contributed by atoms with Crippen LogP contribution in [0.1, 0.15) is 10.4 Å². The lowest BCUT2D eigenvalue weighted by molar-refractivity contribution is 0.0697. The number of aromatic nitrogens is 3. The van der Waals surface area contributed by atoms with Crippen LogP contribution in [0, 0.1) is 0 Å². The Labute approximate surface area is 191 Å². The van der Waals surface area contributed by atoms with Crippen LogP contribution in [0.2, 0.25) is 5.02 Å². The second-order valence-electron chi connectivity index (χ2n) is 6.45. The normalized spacial score (nSPS) is 11.4. The number of halogens is 2. The zero-order chi connectivity index (χ0) is 22.2. The minimum absolute atomic E-state index is 0.0542. The summed E-state index contributed by atoms with van der Waals surface area (Å²) in [5.41, 5.74) is 1.31. The fourth-order valence-electron chi connectivity index (χ4n) is 3.00. The quantitative estimate of drug-likeness (QED) is 0.404. The molecular formula is C21H13BrClN3O4S. The highest BCUT2D eigenvalue weighted by Gasteiger charge is 2.30. The Bertz CT molecular complexity index is 1390. The van der Waals surface area contributed by atoms with Crippen LogP contribution < -0.4 is 0 Å². The van der Waals surface area contributed by atoms with Crippen molar-refractivity contribution in [2.24, 2.45) is 0 Å². The first-order valence-electron chi connectivity index (χ1n) is 8.84. The fourth-order valence-corrected chi connectivity index (χ4v) is 5.44. The fraction of sp³-hybridized carbons (Fsp3) is 0. The molecule has 0 aliphatic carbocycles. The number of nitrogens with zero attached hydrogens (tertiary/aromatic N) is 3. The van der Waals surface area contributed by atoms with Gasteiger partial charge in [0, 0.05) is 15.1 Å². The number of aromatic carboxylic acids is 1.